The maximum Gasteiger partial charge on any atom is 0.271 e. The van der Waals surface area contributed by atoms with E-state index in [0.29, 0.717) is 34.3 Å². The summed E-state index contributed by atoms with van der Waals surface area (Å²) < 4.78 is 13.2. The number of hydrogen-bond acceptors (Lipinski definition) is 11. The van der Waals surface area contributed by atoms with E-state index in [1.54, 1.807) is 24.4 Å². The van der Waals surface area contributed by atoms with Gasteiger partial charge in [0.05, 0.1) is 29.0 Å². The summed E-state index contributed by atoms with van der Waals surface area (Å²) in [7, 11) is 0. The monoisotopic (exact) mass is 730 g/mol. The van der Waals surface area contributed by atoms with E-state index in [2.05, 4.69) is 64.3 Å². The third-order valence-corrected chi connectivity index (χ3v) is 10.6. The van der Waals surface area contributed by atoms with Gasteiger partial charge in [-0.1, -0.05) is 39.3 Å². The van der Waals surface area contributed by atoms with Crippen LogP contribution in [0.4, 0.5) is 5.82 Å². The second-order valence-electron chi connectivity index (χ2n) is 14.7. The maximum absolute atomic E-state index is 13.4. The molecule has 3 aromatic rings. The molecule has 2 aliphatic heterocycles. The van der Waals surface area contributed by atoms with Crippen LogP contribution in [-0.4, -0.2) is 88.9 Å². The molecular weight excluding hydrogens is 688 g/mol. The van der Waals surface area contributed by atoms with Gasteiger partial charge in [-0.3, -0.25) is 29.4 Å². The molecule has 3 amide bonds. The van der Waals surface area contributed by atoms with Gasteiger partial charge in [0.25, 0.3) is 17.4 Å². The number of pyridine rings is 1. The Morgan fingerprint density at radius 2 is 1.79 bits per heavy atom. The number of hydrogen-bond donors (Lipinski definition) is 2. The fourth-order valence-corrected chi connectivity index (χ4v) is 8.04. The first-order valence-electron chi connectivity index (χ1n) is 17.4. The van der Waals surface area contributed by atoms with Crippen molar-refractivity contribution in [2.24, 2.45) is 10.8 Å². The Hall–Kier alpha value is -5.00. The average Bonchev–Trinajstić information content (AvgIpc) is 3.12. The number of benzene rings is 1. The molecule has 52 heavy (non-hydrogen) atoms. The number of piperidine rings is 1. The summed E-state index contributed by atoms with van der Waals surface area (Å²) in [6, 6.07) is 11.1. The highest BCUT2D eigenvalue weighted by Crippen LogP contribution is 2.55. The van der Waals surface area contributed by atoms with Crippen LogP contribution in [-0.2, 0) is 9.59 Å². The zero-order chi connectivity index (χ0) is 37.2. The lowest BCUT2D eigenvalue weighted by atomic mass is 9.49. The van der Waals surface area contributed by atoms with Crippen LogP contribution in [0.2, 0.25) is 5.02 Å². The van der Waals surface area contributed by atoms with Crippen LogP contribution < -0.4 is 30.6 Å². The van der Waals surface area contributed by atoms with Crippen molar-refractivity contribution >= 4 is 35.1 Å². The van der Waals surface area contributed by atoms with Gasteiger partial charge in [-0.15, -0.1) is 0 Å². The minimum atomic E-state index is -0.804. The Balaban J connectivity index is 0.932. The average molecular weight is 731 g/mol. The third kappa shape index (κ3) is 7.61. The summed E-state index contributed by atoms with van der Waals surface area (Å²) >= 11 is 6.22. The second-order valence-corrected chi connectivity index (χ2v) is 15.1. The van der Waals surface area contributed by atoms with Crippen LogP contribution >= 0.6 is 11.6 Å². The first kappa shape index (κ1) is 36.8. The number of carbonyl (C=O) groups is 3. The molecule has 1 aliphatic carbocycles. The van der Waals surface area contributed by atoms with E-state index in [9.17, 15) is 24.4 Å². The number of anilines is 1. The van der Waals surface area contributed by atoms with Crippen LogP contribution in [0.5, 0.6) is 11.5 Å². The van der Waals surface area contributed by atoms with Gasteiger partial charge >= 0.3 is 0 Å². The lowest BCUT2D eigenvalue weighted by molar-refractivity contribution is -0.164. The smallest absolute Gasteiger partial charge is 0.271 e. The standard InChI is InChI=1S/C37H43ClN8O6/c1-36(2)34(37(3,4)35(36)52-25-8-6-23(20-39)27(38)18-25)43-32(49)24-7-10-29(40-21-24)45-15-13-44(14-16-45)12-5-17-51-26-19-31(48)46(41-22-26)28-9-11-30(47)42-33(28)50/h6-8,10,18-19,21-22,28,34-35H,5,9,11-17H2,1-4H3,(H,43,49)(H,42,47,50)/t28?,34-,35-. The van der Waals surface area contributed by atoms with Crippen molar-refractivity contribution < 1.29 is 23.9 Å². The minimum Gasteiger partial charge on any atom is -0.492 e. The SMILES string of the molecule is CC1(C)[C@H](NC(=O)c2ccc(N3CCN(CCCOc4cnn(C5CCC(=O)NC5=O)c(=O)c4)CC3)nc2)C(C)(C)[C@H]1Oc1ccc(C#N)c(Cl)c1. The highest BCUT2D eigenvalue weighted by Gasteiger charge is 2.64. The van der Waals surface area contributed by atoms with E-state index < -0.39 is 17.5 Å². The summed E-state index contributed by atoms with van der Waals surface area (Å²) in [6.07, 6.45) is 4.00. The highest BCUT2D eigenvalue weighted by atomic mass is 35.5. The Labute approximate surface area is 307 Å². The van der Waals surface area contributed by atoms with Crippen molar-refractivity contribution in [3.8, 4) is 17.6 Å². The number of rotatable bonds is 11. The molecule has 15 heteroatoms. The van der Waals surface area contributed by atoms with Crippen LogP contribution in [0.15, 0.2) is 53.6 Å². The lowest BCUT2D eigenvalue weighted by Crippen LogP contribution is -2.74. The first-order chi connectivity index (χ1) is 24.8. The molecule has 1 aromatic carbocycles. The van der Waals surface area contributed by atoms with Gasteiger partial charge in [-0.25, -0.2) is 9.67 Å². The number of aromatic nitrogens is 3. The van der Waals surface area contributed by atoms with E-state index in [0.717, 1.165) is 49.6 Å². The molecule has 1 unspecified atom stereocenters. The Bertz CT molecular complexity index is 1920. The van der Waals surface area contributed by atoms with Crippen molar-refractivity contribution in [3.05, 3.63) is 75.3 Å². The summed E-state index contributed by atoms with van der Waals surface area (Å²) in [5.74, 6) is 0.673. The lowest BCUT2D eigenvalue weighted by Gasteiger charge is -2.63. The van der Waals surface area contributed by atoms with Gasteiger partial charge in [-0.2, -0.15) is 10.4 Å². The normalized spacial score (nSPS) is 22.5. The van der Waals surface area contributed by atoms with Crippen molar-refractivity contribution in [1.82, 2.24) is 30.3 Å². The molecule has 1 atom stereocenters. The molecule has 4 heterocycles. The van der Waals surface area contributed by atoms with Gasteiger partial charge < -0.3 is 19.7 Å². The van der Waals surface area contributed by atoms with Gasteiger partial charge in [0.15, 0.2) is 0 Å². The molecule has 1 saturated carbocycles. The zero-order valence-electron chi connectivity index (χ0n) is 29.7. The number of ether oxygens (including phenoxy) is 2. The number of nitrogens with one attached hydrogen (secondary N) is 2. The van der Waals surface area contributed by atoms with Crippen molar-refractivity contribution in [2.45, 2.75) is 65.1 Å². The van der Waals surface area contributed by atoms with Gasteiger partial charge in [0.1, 0.15) is 35.5 Å². The van der Waals surface area contributed by atoms with Gasteiger partial charge in [-0.05, 0) is 37.1 Å². The molecule has 2 saturated heterocycles. The van der Waals surface area contributed by atoms with E-state index >= 15 is 0 Å². The quantitative estimate of drug-likeness (QED) is 0.219. The van der Waals surface area contributed by atoms with Crippen molar-refractivity contribution in [2.75, 3.05) is 44.2 Å². The second kappa shape index (κ2) is 14.9. The number of nitrogens with zero attached hydrogens (tertiary/aromatic N) is 6. The molecule has 2 N–H and O–H groups in total. The summed E-state index contributed by atoms with van der Waals surface area (Å²) in [5, 5.41) is 19.1. The predicted molar refractivity (Wildman–Crippen MR) is 192 cm³/mol. The number of nitriles is 1. The topological polar surface area (TPSA) is 172 Å². The largest absolute Gasteiger partial charge is 0.492 e. The minimum absolute atomic E-state index is 0.158. The molecule has 3 fully saturated rings. The third-order valence-electron chi connectivity index (χ3n) is 10.3. The van der Waals surface area contributed by atoms with Crippen molar-refractivity contribution in [3.63, 3.8) is 0 Å². The maximum atomic E-state index is 13.4. The van der Waals surface area contributed by atoms with E-state index in [-0.39, 0.29) is 47.6 Å². The number of imide groups is 1. The summed E-state index contributed by atoms with van der Waals surface area (Å²) in [6.45, 7) is 12.8. The molecule has 274 valence electrons. The van der Waals surface area contributed by atoms with E-state index in [1.165, 1.54) is 12.3 Å². The van der Waals surface area contributed by atoms with Crippen LogP contribution in [0.3, 0.4) is 0 Å². The van der Waals surface area contributed by atoms with E-state index in [4.69, 9.17) is 21.1 Å². The Morgan fingerprint density at radius 3 is 2.42 bits per heavy atom. The van der Waals surface area contributed by atoms with Crippen molar-refractivity contribution in [1.29, 1.82) is 5.26 Å². The van der Waals surface area contributed by atoms with Crippen LogP contribution in [0.25, 0.3) is 0 Å². The van der Waals surface area contributed by atoms with Crippen LogP contribution in [0.1, 0.15) is 68.9 Å². The predicted octanol–water partition coefficient (Wildman–Crippen LogP) is 3.34. The molecule has 0 radical (unpaired) electrons. The highest BCUT2D eigenvalue weighted by molar-refractivity contribution is 6.31. The van der Waals surface area contributed by atoms with E-state index in [1.807, 2.05) is 12.1 Å². The molecular formula is C37H43ClN8O6. The summed E-state index contributed by atoms with van der Waals surface area (Å²) in [4.78, 5) is 58.5. The molecule has 0 bridgehead atoms. The molecule has 14 nitrogen and oxygen atoms in total. The first-order valence-corrected chi connectivity index (χ1v) is 17.8. The Morgan fingerprint density at radius 1 is 1.04 bits per heavy atom. The fourth-order valence-electron chi connectivity index (χ4n) is 7.83. The van der Waals surface area contributed by atoms with Gasteiger partial charge in [0.2, 0.25) is 5.91 Å². The van der Waals surface area contributed by atoms with Crippen LogP contribution in [0, 0.1) is 22.2 Å². The number of piperazine rings is 1. The number of carbonyl (C=O) groups excluding carboxylic acids is 3. The van der Waals surface area contributed by atoms with Gasteiger partial charge in [0, 0.05) is 74.3 Å². The summed E-state index contributed by atoms with van der Waals surface area (Å²) in [5.41, 5.74) is -0.327. The fraction of sp³-hybridized carbons (Fsp3) is 0.486. The molecule has 6 rings (SSSR count). The molecule has 2 aromatic heterocycles. The Kier molecular flexibility index (Phi) is 10.6. The number of halogens is 1. The molecule has 3 aliphatic rings. The molecule has 0 spiro atoms. The zero-order valence-corrected chi connectivity index (χ0v) is 30.5. The number of amides is 3.